The number of piperidine rings is 1. The number of hydrogen-bond donors (Lipinski definition) is 2. The van der Waals surface area contributed by atoms with Crippen LogP contribution < -0.4 is 11.1 Å². The maximum Gasteiger partial charge on any atom is 0.407 e. The third-order valence-corrected chi connectivity index (χ3v) is 3.08. The average Bonchev–Trinajstić information content (AvgIpc) is 2.27. The molecule has 1 aliphatic rings. The predicted octanol–water partition coefficient (Wildman–Crippen LogP) is -0.0718. The summed E-state index contributed by atoms with van der Waals surface area (Å²) in [6.45, 7) is 3.86. The molecular weight excluding hydrogens is 222 g/mol. The minimum atomic E-state index is -0.425. The molecule has 1 heterocycles. The zero-order chi connectivity index (χ0) is 12.8. The van der Waals surface area contributed by atoms with Crippen LogP contribution in [0.5, 0.6) is 0 Å². The van der Waals surface area contributed by atoms with Crippen molar-refractivity contribution in [2.45, 2.75) is 25.8 Å². The van der Waals surface area contributed by atoms with Crippen molar-refractivity contribution in [2.75, 3.05) is 26.7 Å². The molecule has 3 N–H and O–H groups in total. The van der Waals surface area contributed by atoms with E-state index in [-0.39, 0.29) is 18.5 Å². The van der Waals surface area contributed by atoms with E-state index in [2.05, 4.69) is 17.0 Å². The highest BCUT2D eigenvalue weighted by Crippen LogP contribution is 2.19. The number of alkyl carbamates (subject to hydrolysis) is 1. The van der Waals surface area contributed by atoms with Crippen LogP contribution in [0.25, 0.3) is 0 Å². The van der Waals surface area contributed by atoms with Gasteiger partial charge in [0.2, 0.25) is 5.91 Å². The zero-order valence-electron chi connectivity index (χ0n) is 10.4. The highest BCUT2D eigenvalue weighted by molar-refractivity contribution is 5.76. The topological polar surface area (TPSA) is 84.7 Å². The van der Waals surface area contributed by atoms with Gasteiger partial charge in [-0.3, -0.25) is 9.69 Å². The van der Waals surface area contributed by atoms with E-state index < -0.39 is 6.09 Å². The van der Waals surface area contributed by atoms with E-state index in [4.69, 9.17) is 5.73 Å². The number of rotatable bonds is 4. The standard InChI is InChI=1S/C11H21N3O3/c1-3-8-4-9(13-11(16)17-2)6-14(5-8)7-10(12)15/h8-9H,3-7H2,1-2H3,(H2,12,15)(H,13,16). The van der Waals surface area contributed by atoms with Crippen molar-refractivity contribution >= 4 is 12.0 Å². The first-order valence-electron chi connectivity index (χ1n) is 5.90. The number of nitrogens with one attached hydrogen (secondary N) is 1. The number of methoxy groups -OCH3 is 1. The molecule has 2 atom stereocenters. The molecule has 0 aromatic rings. The summed E-state index contributed by atoms with van der Waals surface area (Å²) in [5, 5.41) is 2.78. The van der Waals surface area contributed by atoms with Crippen LogP contribution in [0.15, 0.2) is 0 Å². The lowest BCUT2D eigenvalue weighted by atomic mass is 9.92. The molecule has 6 nitrogen and oxygen atoms in total. The molecule has 0 spiro atoms. The monoisotopic (exact) mass is 243 g/mol. The van der Waals surface area contributed by atoms with Crippen molar-refractivity contribution in [3.05, 3.63) is 0 Å². The maximum atomic E-state index is 11.2. The number of hydrogen-bond acceptors (Lipinski definition) is 4. The first-order chi connectivity index (χ1) is 8.05. The quantitative estimate of drug-likeness (QED) is 0.723. The summed E-state index contributed by atoms with van der Waals surface area (Å²) >= 11 is 0. The smallest absolute Gasteiger partial charge is 0.407 e. The van der Waals surface area contributed by atoms with E-state index in [1.807, 2.05) is 4.90 Å². The Labute approximate surface area is 101 Å². The van der Waals surface area contributed by atoms with Gasteiger partial charge in [-0.15, -0.1) is 0 Å². The van der Waals surface area contributed by atoms with Crippen LogP contribution in [0, 0.1) is 5.92 Å². The van der Waals surface area contributed by atoms with Crippen molar-refractivity contribution in [1.29, 1.82) is 0 Å². The van der Waals surface area contributed by atoms with E-state index in [1.165, 1.54) is 7.11 Å². The summed E-state index contributed by atoms with van der Waals surface area (Å²) in [7, 11) is 1.34. The molecule has 0 saturated carbocycles. The Morgan fingerprint density at radius 1 is 1.47 bits per heavy atom. The number of primary amides is 1. The largest absolute Gasteiger partial charge is 0.453 e. The van der Waals surface area contributed by atoms with Gasteiger partial charge in [-0.2, -0.15) is 0 Å². The Morgan fingerprint density at radius 3 is 2.71 bits per heavy atom. The van der Waals surface area contributed by atoms with Crippen LogP contribution in [0.4, 0.5) is 4.79 Å². The molecule has 6 heteroatoms. The fourth-order valence-corrected chi connectivity index (χ4v) is 2.28. The van der Waals surface area contributed by atoms with E-state index >= 15 is 0 Å². The van der Waals surface area contributed by atoms with Gasteiger partial charge in [0, 0.05) is 19.1 Å². The minimum absolute atomic E-state index is 0.0282. The lowest BCUT2D eigenvalue weighted by Crippen LogP contribution is -2.52. The SMILES string of the molecule is CCC1CC(NC(=O)OC)CN(CC(N)=O)C1. The van der Waals surface area contributed by atoms with Crippen LogP contribution in [0.1, 0.15) is 19.8 Å². The Kier molecular flexibility index (Phi) is 5.21. The summed E-state index contributed by atoms with van der Waals surface area (Å²) in [5.41, 5.74) is 5.19. The van der Waals surface area contributed by atoms with Gasteiger partial charge in [-0.25, -0.2) is 4.79 Å². The van der Waals surface area contributed by atoms with Gasteiger partial charge in [-0.1, -0.05) is 13.3 Å². The second kappa shape index (κ2) is 6.44. The number of amides is 2. The second-order valence-electron chi connectivity index (χ2n) is 4.50. The van der Waals surface area contributed by atoms with E-state index in [0.717, 1.165) is 19.4 Å². The molecule has 2 unspecified atom stereocenters. The summed E-state index contributed by atoms with van der Waals surface area (Å²) in [6.07, 6.45) is 1.51. The van der Waals surface area contributed by atoms with Crippen LogP contribution in [-0.2, 0) is 9.53 Å². The van der Waals surface area contributed by atoms with Gasteiger partial charge in [0.05, 0.1) is 13.7 Å². The third kappa shape index (κ3) is 4.60. The van der Waals surface area contributed by atoms with Gasteiger partial charge in [0.1, 0.15) is 0 Å². The van der Waals surface area contributed by atoms with Gasteiger partial charge < -0.3 is 15.8 Å². The number of carbonyl (C=O) groups is 2. The number of nitrogens with zero attached hydrogens (tertiary/aromatic N) is 1. The first kappa shape index (κ1) is 13.8. The molecular formula is C11H21N3O3. The Balaban J connectivity index is 2.53. The molecule has 0 radical (unpaired) electrons. The molecule has 1 aliphatic heterocycles. The van der Waals surface area contributed by atoms with Crippen LogP contribution in [-0.4, -0.2) is 49.7 Å². The predicted molar refractivity (Wildman–Crippen MR) is 63.4 cm³/mol. The van der Waals surface area contributed by atoms with Gasteiger partial charge in [0.15, 0.2) is 0 Å². The summed E-state index contributed by atoms with van der Waals surface area (Å²) in [5.74, 6) is 0.142. The summed E-state index contributed by atoms with van der Waals surface area (Å²) in [4.78, 5) is 24.1. The lowest BCUT2D eigenvalue weighted by molar-refractivity contribution is -0.119. The van der Waals surface area contributed by atoms with Crippen molar-refractivity contribution in [2.24, 2.45) is 11.7 Å². The van der Waals surface area contributed by atoms with Crippen molar-refractivity contribution in [3.63, 3.8) is 0 Å². The van der Waals surface area contributed by atoms with Gasteiger partial charge >= 0.3 is 6.09 Å². The Morgan fingerprint density at radius 2 is 2.18 bits per heavy atom. The van der Waals surface area contributed by atoms with Crippen LogP contribution >= 0.6 is 0 Å². The zero-order valence-corrected chi connectivity index (χ0v) is 10.4. The molecule has 0 aliphatic carbocycles. The third-order valence-electron chi connectivity index (χ3n) is 3.08. The number of ether oxygens (including phenoxy) is 1. The lowest BCUT2D eigenvalue weighted by Gasteiger charge is -2.36. The molecule has 2 amide bonds. The Hall–Kier alpha value is -1.30. The highest BCUT2D eigenvalue weighted by atomic mass is 16.5. The number of nitrogens with two attached hydrogens (primary N) is 1. The fraction of sp³-hybridized carbons (Fsp3) is 0.818. The highest BCUT2D eigenvalue weighted by Gasteiger charge is 2.28. The van der Waals surface area contributed by atoms with Gasteiger partial charge in [0.25, 0.3) is 0 Å². The molecule has 17 heavy (non-hydrogen) atoms. The summed E-state index contributed by atoms with van der Waals surface area (Å²) < 4.78 is 4.58. The normalized spacial score (nSPS) is 25.3. The molecule has 98 valence electrons. The fourth-order valence-electron chi connectivity index (χ4n) is 2.28. The van der Waals surface area contributed by atoms with Crippen molar-refractivity contribution in [1.82, 2.24) is 10.2 Å². The Bertz CT molecular complexity index is 283. The van der Waals surface area contributed by atoms with Crippen LogP contribution in [0.3, 0.4) is 0 Å². The average molecular weight is 243 g/mol. The van der Waals surface area contributed by atoms with Crippen LogP contribution in [0.2, 0.25) is 0 Å². The van der Waals surface area contributed by atoms with Gasteiger partial charge in [-0.05, 0) is 12.3 Å². The van der Waals surface area contributed by atoms with E-state index in [1.54, 1.807) is 0 Å². The minimum Gasteiger partial charge on any atom is -0.453 e. The number of likely N-dealkylation sites (tertiary alicyclic amines) is 1. The van der Waals surface area contributed by atoms with Crippen molar-refractivity contribution in [3.8, 4) is 0 Å². The molecule has 1 saturated heterocycles. The molecule has 0 aromatic heterocycles. The first-order valence-corrected chi connectivity index (χ1v) is 5.90. The molecule has 1 rings (SSSR count). The molecule has 0 aromatic carbocycles. The second-order valence-corrected chi connectivity index (χ2v) is 4.50. The van der Waals surface area contributed by atoms with Crippen molar-refractivity contribution < 1.29 is 14.3 Å². The number of carbonyl (C=O) groups excluding carboxylic acids is 2. The molecule has 0 bridgehead atoms. The summed E-state index contributed by atoms with van der Waals surface area (Å²) in [6, 6.07) is 0.0282. The molecule has 1 fully saturated rings. The van der Waals surface area contributed by atoms with E-state index in [9.17, 15) is 9.59 Å². The van der Waals surface area contributed by atoms with E-state index in [0.29, 0.717) is 12.5 Å². The maximum absolute atomic E-state index is 11.2.